The van der Waals surface area contributed by atoms with Gasteiger partial charge >= 0.3 is 0 Å². The summed E-state index contributed by atoms with van der Waals surface area (Å²) in [6, 6.07) is 4.33. The molecule has 22 heavy (non-hydrogen) atoms. The van der Waals surface area contributed by atoms with Gasteiger partial charge in [0.15, 0.2) is 0 Å². The quantitative estimate of drug-likeness (QED) is 0.712. The summed E-state index contributed by atoms with van der Waals surface area (Å²) >= 11 is 0. The molecule has 6 heteroatoms. The number of nitrogens with one attached hydrogen (secondary N) is 1. The number of fused-ring (bicyclic) bond motifs is 2. The van der Waals surface area contributed by atoms with Crippen molar-refractivity contribution in [2.45, 2.75) is 19.5 Å². The molecule has 1 atom stereocenters. The summed E-state index contributed by atoms with van der Waals surface area (Å²) in [5, 5.41) is 3.42. The summed E-state index contributed by atoms with van der Waals surface area (Å²) in [6.07, 6.45) is 9.82. The Balaban J connectivity index is 1.91. The number of pyridine rings is 1. The van der Waals surface area contributed by atoms with Crippen LogP contribution in [0.4, 0.5) is 5.95 Å². The maximum absolute atomic E-state index is 5.73. The van der Waals surface area contributed by atoms with Crippen molar-refractivity contribution in [3.05, 3.63) is 59.8 Å². The van der Waals surface area contributed by atoms with Crippen LogP contribution in [0.5, 0.6) is 0 Å². The highest BCUT2D eigenvalue weighted by Gasteiger charge is 2.18. The van der Waals surface area contributed by atoms with Crippen molar-refractivity contribution in [2.75, 3.05) is 5.73 Å². The van der Waals surface area contributed by atoms with Crippen molar-refractivity contribution >= 4 is 17.2 Å². The first-order chi connectivity index (χ1) is 10.7. The predicted molar refractivity (Wildman–Crippen MR) is 85.0 cm³/mol. The van der Waals surface area contributed by atoms with Crippen molar-refractivity contribution in [2.24, 2.45) is 0 Å². The average molecular weight is 292 g/mol. The molecule has 0 bridgehead atoms. The van der Waals surface area contributed by atoms with Crippen LogP contribution in [0.2, 0.25) is 0 Å². The first-order valence-corrected chi connectivity index (χ1v) is 7.21. The van der Waals surface area contributed by atoms with Crippen LogP contribution < -0.4 is 11.1 Å². The van der Waals surface area contributed by atoms with E-state index in [2.05, 4.69) is 45.5 Å². The van der Waals surface area contributed by atoms with Gasteiger partial charge in [0.1, 0.15) is 5.65 Å². The SMILES string of the molecule is C[C@@H]1C=C(c2ccc3nccn3c2)c2cnc(N)nc2CN1. The summed E-state index contributed by atoms with van der Waals surface area (Å²) in [6.45, 7) is 2.80. The number of nitrogens with two attached hydrogens (primary N) is 1. The molecule has 110 valence electrons. The molecular weight excluding hydrogens is 276 g/mol. The monoisotopic (exact) mass is 292 g/mol. The molecule has 1 aliphatic heterocycles. The Hall–Kier alpha value is -2.73. The Morgan fingerprint density at radius 3 is 3.14 bits per heavy atom. The van der Waals surface area contributed by atoms with E-state index < -0.39 is 0 Å². The fourth-order valence-corrected chi connectivity index (χ4v) is 2.78. The van der Waals surface area contributed by atoms with Gasteiger partial charge in [-0.25, -0.2) is 15.0 Å². The lowest BCUT2D eigenvalue weighted by Gasteiger charge is -2.10. The Bertz CT molecular complexity index is 879. The molecule has 4 heterocycles. The Morgan fingerprint density at radius 2 is 2.23 bits per heavy atom. The second-order valence-corrected chi connectivity index (χ2v) is 5.45. The van der Waals surface area contributed by atoms with Crippen molar-refractivity contribution in [1.82, 2.24) is 24.7 Å². The highest BCUT2D eigenvalue weighted by atomic mass is 15.0. The van der Waals surface area contributed by atoms with Gasteiger partial charge in [-0.1, -0.05) is 6.08 Å². The van der Waals surface area contributed by atoms with E-state index >= 15 is 0 Å². The number of rotatable bonds is 1. The minimum absolute atomic E-state index is 0.240. The molecule has 0 fully saturated rings. The van der Waals surface area contributed by atoms with Crippen LogP contribution in [0.3, 0.4) is 0 Å². The smallest absolute Gasteiger partial charge is 0.220 e. The standard InChI is InChI=1S/C16H16N6/c1-10-6-12(11-2-3-15-18-4-5-22(15)9-11)13-7-20-16(17)21-14(13)8-19-10/h2-7,9-10,19H,8H2,1H3,(H2,17,20,21)/t10-/m1/s1. The zero-order valence-corrected chi connectivity index (χ0v) is 12.2. The molecule has 3 aromatic heterocycles. The fourth-order valence-electron chi connectivity index (χ4n) is 2.78. The van der Waals surface area contributed by atoms with Crippen LogP contribution in [0.15, 0.2) is 43.0 Å². The van der Waals surface area contributed by atoms with Gasteiger partial charge in [0.2, 0.25) is 5.95 Å². The van der Waals surface area contributed by atoms with E-state index in [1.54, 1.807) is 12.4 Å². The van der Waals surface area contributed by atoms with Crippen LogP contribution in [0.25, 0.3) is 11.2 Å². The number of nitrogens with zero attached hydrogens (tertiary/aromatic N) is 4. The zero-order valence-electron chi connectivity index (χ0n) is 12.2. The van der Waals surface area contributed by atoms with Gasteiger partial charge in [-0.05, 0) is 30.2 Å². The summed E-state index contributed by atoms with van der Waals surface area (Å²) in [5.41, 5.74) is 10.8. The summed E-state index contributed by atoms with van der Waals surface area (Å²) in [4.78, 5) is 12.8. The third-order valence-electron chi connectivity index (χ3n) is 3.88. The second-order valence-electron chi connectivity index (χ2n) is 5.45. The van der Waals surface area contributed by atoms with Gasteiger partial charge in [0.25, 0.3) is 0 Å². The van der Waals surface area contributed by atoms with E-state index in [1.165, 1.54) is 0 Å². The Morgan fingerprint density at radius 1 is 1.32 bits per heavy atom. The molecule has 0 aliphatic carbocycles. The van der Waals surface area contributed by atoms with E-state index in [9.17, 15) is 0 Å². The number of hydrogen-bond donors (Lipinski definition) is 2. The average Bonchev–Trinajstić information content (AvgIpc) is 2.92. The lowest BCUT2D eigenvalue weighted by atomic mass is 9.98. The molecule has 0 saturated heterocycles. The molecule has 3 aromatic rings. The first-order valence-electron chi connectivity index (χ1n) is 7.21. The van der Waals surface area contributed by atoms with Gasteiger partial charge < -0.3 is 15.5 Å². The predicted octanol–water partition coefficient (Wildman–Crippen LogP) is 1.63. The zero-order chi connectivity index (χ0) is 15.1. The van der Waals surface area contributed by atoms with Crippen LogP contribution in [-0.4, -0.2) is 25.4 Å². The van der Waals surface area contributed by atoms with Crippen molar-refractivity contribution in [3.63, 3.8) is 0 Å². The maximum atomic E-state index is 5.73. The molecular formula is C16H16N6. The number of imidazole rings is 1. The number of anilines is 1. The highest BCUT2D eigenvalue weighted by Crippen LogP contribution is 2.28. The topological polar surface area (TPSA) is 81.1 Å². The van der Waals surface area contributed by atoms with E-state index in [0.717, 1.165) is 28.0 Å². The molecule has 3 N–H and O–H groups in total. The third-order valence-corrected chi connectivity index (χ3v) is 3.88. The Labute approximate surface area is 127 Å². The molecule has 0 spiro atoms. The highest BCUT2D eigenvalue weighted by molar-refractivity contribution is 5.81. The van der Waals surface area contributed by atoms with Gasteiger partial charge in [-0.3, -0.25) is 0 Å². The van der Waals surface area contributed by atoms with Crippen molar-refractivity contribution in [1.29, 1.82) is 0 Å². The largest absolute Gasteiger partial charge is 0.368 e. The van der Waals surface area contributed by atoms with Crippen LogP contribution in [0, 0.1) is 0 Å². The van der Waals surface area contributed by atoms with Gasteiger partial charge in [0.05, 0.1) is 5.69 Å². The molecule has 6 nitrogen and oxygen atoms in total. The normalized spacial score (nSPS) is 17.9. The minimum atomic E-state index is 0.240. The number of nitrogen functional groups attached to an aromatic ring is 1. The third kappa shape index (κ3) is 2.14. The van der Waals surface area contributed by atoms with Crippen LogP contribution in [-0.2, 0) is 6.54 Å². The van der Waals surface area contributed by atoms with E-state index in [1.807, 2.05) is 16.7 Å². The van der Waals surface area contributed by atoms with E-state index in [0.29, 0.717) is 12.5 Å². The maximum Gasteiger partial charge on any atom is 0.220 e. The summed E-state index contributed by atoms with van der Waals surface area (Å²) < 4.78 is 2.01. The summed E-state index contributed by atoms with van der Waals surface area (Å²) in [7, 11) is 0. The van der Waals surface area contributed by atoms with Crippen LogP contribution in [0.1, 0.15) is 23.7 Å². The van der Waals surface area contributed by atoms with E-state index in [4.69, 9.17) is 5.73 Å². The molecule has 0 unspecified atom stereocenters. The number of aromatic nitrogens is 4. The molecule has 0 amide bonds. The molecule has 0 radical (unpaired) electrons. The minimum Gasteiger partial charge on any atom is -0.368 e. The second kappa shape index (κ2) is 4.92. The van der Waals surface area contributed by atoms with E-state index in [-0.39, 0.29) is 6.04 Å². The van der Waals surface area contributed by atoms with Crippen molar-refractivity contribution < 1.29 is 0 Å². The van der Waals surface area contributed by atoms with Gasteiger partial charge in [-0.2, -0.15) is 0 Å². The fraction of sp³-hybridized carbons (Fsp3) is 0.188. The Kier molecular flexibility index (Phi) is 2.90. The first kappa shape index (κ1) is 13.0. The molecule has 0 saturated carbocycles. The lowest BCUT2D eigenvalue weighted by molar-refractivity contribution is 0.629. The lowest BCUT2D eigenvalue weighted by Crippen LogP contribution is -2.22. The molecule has 4 rings (SSSR count). The molecule has 0 aromatic carbocycles. The van der Waals surface area contributed by atoms with Gasteiger partial charge in [0, 0.05) is 42.9 Å². The summed E-state index contributed by atoms with van der Waals surface area (Å²) in [5.74, 6) is 0.305. The molecule has 1 aliphatic rings. The van der Waals surface area contributed by atoms with Gasteiger partial charge in [-0.15, -0.1) is 0 Å². The number of hydrogen-bond acceptors (Lipinski definition) is 5. The van der Waals surface area contributed by atoms with Crippen molar-refractivity contribution in [3.8, 4) is 0 Å². The van der Waals surface area contributed by atoms with Crippen LogP contribution >= 0.6 is 0 Å².